The number of hydrogen-bond donors (Lipinski definition) is 1. The Kier molecular flexibility index (Phi) is 7.73. The summed E-state index contributed by atoms with van der Waals surface area (Å²) in [5.74, 6) is 3.38. The van der Waals surface area contributed by atoms with Crippen molar-refractivity contribution >= 4 is 17.6 Å². The normalized spacial score (nSPS) is 27.2. The minimum atomic E-state index is -0.705. The molecule has 4 saturated carbocycles. The zero-order valence-corrected chi connectivity index (χ0v) is 22.7. The van der Waals surface area contributed by atoms with Crippen LogP contribution in [0.1, 0.15) is 86.3 Å². The molecule has 0 aliphatic heterocycles. The van der Waals surface area contributed by atoms with Crippen LogP contribution in [-0.2, 0) is 14.9 Å². The lowest BCUT2D eigenvalue weighted by atomic mass is 9.48. The number of ether oxygens (including phenoxy) is 3. The van der Waals surface area contributed by atoms with Crippen LogP contribution in [0.2, 0.25) is 0 Å². The molecular formula is C32H41NO4. The van der Waals surface area contributed by atoms with Crippen molar-refractivity contribution in [3.05, 3.63) is 64.7 Å². The van der Waals surface area contributed by atoms with Gasteiger partial charge in [-0.05, 0) is 123 Å². The number of nitrogens with one attached hydrogen (secondary N) is 1. The smallest absolute Gasteiger partial charge is 0.315 e. The zero-order valence-electron chi connectivity index (χ0n) is 22.7. The highest BCUT2D eigenvalue weighted by Gasteiger charge is 2.52. The van der Waals surface area contributed by atoms with E-state index in [1.165, 1.54) is 55.2 Å². The molecule has 4 bridgehead atoms. The topological polar surface area (TPSA) is 56.8 Å². The van der Waals surface area contributed by atoms with Gasteiger partial charge < -0.3 is 19.5 Å². The molecule has 0 aromatic heterocycles. The Hall–Kier alpha value is -2.63. The van der Waals surface area contributed by atoms with Gasteiger partial charge in [0.25, 0.3) is 5.91 Å². The van der Waals surface area contributed by atoms with Crippen LogP contribution in [0.25, 0.3) is 11.6 Å². The number of allylic oxidation sites excluding steroid dienone is 1. The molecule has 4 fully saturated rings. The fourth-order valence-electron chi connectivity index (χ4n) is 7.45. The molecule has 2 aromatic carbocycles. The molecule has 0 spiro atoms. The summed E-state index contributed by atoms with van der Waals surface area (Å²) in [5, 5.41) is 2.85. The number of amides is 1. The molecular weight excluding hydrogens is 462 g/mol. The van der Waals surface area contributed by atoms with E-state index < -0.39 is 6.48 Å². The second kappa shape index (κ2) is 11.0. The summed E-state index contributed by atoms with van der Waals surface area (Å²) >= 11 is 0. The minimum absolute atomic E-state index is 0.0352. The summed E-state index contributed by atoms with van der Waals surface area (Å²) < 4.78 is 17.5. The molecule has 37 heavy (non-hydrogen) atoms. The Bertz CT molecular complexity index is 1100. The number of hydrogen-bond acceptors (Lipinski definition) is 4. The predicted molar refractivity (Wildman–Crippen MR) is 147 cm³/mol. The summed E-state index contributed by atoms with van der Waals surface area (Å²) in [6.45, 7) is 6.50. The van der Waals surface area contributed by atoms with E-state index in [2.05, 4.69) is 36.5 Å². The average Bonchev–Trinajstić information content (AvgIpc) is 2.88. The van der Waals surface area contributed by atoms with Gasteiger partial charge in [-0.3, -0.25) is 4.79 Å². The minimum Gasteiger partial charge on any atom is -0.441 e. The van der Waals surface area contributed by atoms with Gasteiger partial charge in [0.05, 0.1) is 6.61 Å². The van der Waals surface area contributed by atoms with E-state index in [0.29, 0.717) is 18.7 Å². The molecule has 4 aliphatic carbocycles. The van der Waals surface area contributed by atoms with Gasteiger partial charge in [-0.25, -0.2) is 0 Å². The second-order valence-corrected chi connectivity index (χ2v) is 11.3. The molecule has 1 amide bonds. The van der Waals surface area contributed by atoms with Gasteiger partial charge in [-0.15, -0.1) is 0 Å². The first kappa shape index (κ1) is 26.0. The lowest BCUT2D eigenvalue weighted by molar-refractivity contribution is -0.231. The van der Waals surface area contributed by atoms with Crippen LogP contribution in [0, 0.1) is 17.8 Å². The summed E-state index contributed by atoms with van der Waals surface area (Å²) in [4.78, 5) is 12.1. The first-order valence-electron chi connectivity index (χ1n) is 14.0. The van der Waals surface area contributed by atoms with Gasteiger partial charge in [0.15, 0.2) is 0 Å². The van der Waals surface area contributed by atoms with Gasteiger partial charge in [-0.1, -0.05) is 24.3 Å². The Morgan fingerprint density at radius 1 is 1.00 bits per heavy atom. The van der Waals surface area contributed by atoms with Crippen LogP contribution in [0.4, 0.5) is 0 Å². The third-order valence-electron chi connectivity index (χ3n) is 8.66. The average molecular weight is 504 g/mol. The molecule has 198 valence electrons. The van der Waals surface area contributed by atoms with Crippen LogP contribution in [0.3, 0.4) is 0 Å². The van der Waals surface area contributed by atoms with E-state index in [1.54, 1.807) is 7.11 Å². The maximum atomic E-state index is 12.1. The van der Waals surface area contributed by atoms with Gasteiger partial charge in [0.2, 0.25) is 0 Å². The Morgan fingerprint density at radius 2 is 1.62 bits per heavy atom. The fraction of sp³-hybridized carbons (Fsp3) is 0.531. The van der Waals surface area contributed by atoms with Crippen molar-refractivity contribution in [1.82, 2.24) is 5.32 Å². The zero-order chi connectivity index (χ0) is 26.0. The van der Waals surface area contributed by atoms with E-state index in [4.69, 9.17) is 14.2 Å². The molecule has 0 heterocycles. The van der Waals surface area contributed by atoms with Gasteiger partial charge >= 0.3 is 6.48 Å². The van der Waals surface area contributed by atoms with Crippen LogP contribution < -0.4 is 10.1 Å². The van der Waals surface area contributed by atoms with Crippen molar-refractivity contribution in [3.63, 3.8) is 0 Å². The molecule has 5 nitrogen and oxygen atoms in total. The molecule has 0 radical (unpaired) electrons. The van der Waals surface area contributed by atoms with Crippen molar-refractivity contribution in [2.75, 3.05) is 20.3 Å². The Labute approximate surface area is 221 Å². The summed E-state index contributed by atoms with van der Waals surface area (Å²) in [6.07, 6.45) is 10.2. The molecule has 1 N–H and O–H groups in total. The molecule has 6 rings (SSSR count). The predicted octanol–water partition coefficient (Wildman–Crippen LogP) is 6.81. The van der Waals surface area contributed by atoms with Gasteiger partial charge in [0.1, 0.15) is 5.75 Å². The van der Waals surface area contributed by atoms with Crippen molar-refractivity contribution in [2.24, 2.45) is 17.8 Å². The van der Waals surface area contributed by atoms with E-state index in [1.807, 2.05) is 38.1 Å². The highest BCUT2D eigenvalue weighted by atomic mass is 16.8. The van der Waals surface area contributed by atoms with E-state index in [9.17, 15) is 4.79 Å². The summed E-state index contributed by atoms with van der Waals surface area (Å²) in [7, 11) is 1.63. The Morgan fingerprint density at radius 3 is 2.19 bits per heavy atom. The molecule has 5 heteroatoms. The first-order chi connectivity index (χ1) is 17.9. The number of methoxy groups -OCH3 is 1. The molecule has 1 unspecified atom stereocenters. The van der Waals surface area contributed by atoms with Gasteiger partial charge in [-0.2, -0.15) is 0 Å². The van der Waals surface area contributed by atoms with Crippen LogP contribution >= 0.6 is 0 Å². The maximum absolute atomic E-state index is 12.1. The van der Waals surface area contributed by atoms with E-state index in [-0.39, 0.29) is 11.3 Å². The lowest BCUT2D eigenvalue weighted by Gasteiger charge is -2.57. The fourth-order valence-corrected chi connectivity index (χ4v) is 7.45. The van der Waals surface area contributed by atoms with Crippen LogP contribution in [-0.4, -0.2) is 32.6 Å². The summed E-state index contributed by atoms with van der Waals surface area (Å²) in [6, 6.07) is 14.4. The monoisotopic (exact) mass is 503 g/mol. The third kappa shape index (κ3) is 5.49. The molecule has 1 atom stereocenters. The SMILES string of the molecule is CCNC(=O)c1ccc(/C=C(\C)c2ccc(OC(OC)OCC)c(C34CC5CC(CC(C5)C3)C4)c2)cc1. The highest BCUT2D eigenvalue weighted by molar-refractivity contribution is 5.94. The van der Waals surface area contributed by atoms with Crippen LogP contribution in [0.5, 0.6) is 5.75 Å². The van der Waals surface area contributed by atoms with Crippen molar-refractivity contribution in [3.8, 4) is 5.75 Å². The lowest BCUT2D eigenvalue weighted by Crippen LogP contribution is -2.48. The number of carbonyl (C=O) groups is 1. The number of rotatable bonds is 10. The van der Waals surface area contributed by atoms with Crippen molar-refractivity contribution in [1.29, 1.82) is 0 Å². The number of carbonyl (C=O) groups excluding carboxylic acids is 1. The van der Waals surface area contributed by atoms with Gasteiger partial charge in [0, 0.05) is 24.8 Å². The largest absolute Gasteiger partial charge is 0.441 e. The molecule has 0 saturated heterocycles. The Balaban J connectivity index is 1.47. The number of benzene rings is 2. The van der Waals surface area contributed by atoms with E-state index >= 15 is 0 Å². The second-order valence-electron chi connectivity index (χ2n) is 11.3. The highest BCUT2D eigenvalue weighted by Crippen LogP contribution is 2.62. The van der Waals surface area contributed by atoms with Crippen LogP contribution in [0.15, 0.2) is 42.5 Å². The maximum Gasteiger partial charge on any atom is 0.315 e. The first-order valence-corrected chi connectivity index (χ1v) is 14.0. The quantitative estimate of drug-likeness (QED) is 0.286. The third-order valence-corrected chi connectivity index (χ3v) is 8.66. The summed E-state index contributed by atoms with van der Waals surface area (Å²) in [5.41, 5.74) is 5.67. The van der Waals surface area contributed by atoms with E-state index in [0.717, 1.165) is 29.1 Å². The molecule has 2 aromatic rings. The van der Waals surface area contributed by atoms with Crippen molar-refractivity contribution in [2.45, 2.75) is 71.2 Å². The molecule has 4 aliphatic rings. The van der Waals surface area contributed by atoms with Crippen molar-refractivity contribution < 1.29 is 19.0 Å². The standard InChI is InChI=1S/C32H41NO4/c1-5-33-30(34)26-9-7-22(8-10-26)13-21(3)27-11-12-29(37-31(35-4)36-6-2)28(17-27)32-18-23-14-24(19-32)16-25(15-23)20-32/h7-13,17,23-25,31H,5-6,14-16,18-20H2,1-4H3,(H,33,34)/b21-13+.